The lowest BCUT2D eigenvalue weighted by atomic mass is 10.1. The van der Waals surface area contributed by atoms with Crippen molar-refractivity contribution in [1.82, 2.24) is 4.90 Å². The van der Waals surface area contributed by atoms with Crippen LogP contribution in [0.15, 0.2) is 18.2 Å². The Kier molecular flexibility index (Phi) is 7.63. The molecule has 30 heavy (non-hydrogen) atoms. The van der Waals surface area contributed by atoms with Gasteiger partial charge in [0.15, 0.2) is 0 Å². The average molecular weight is 470 g/mol. The van der Waals surface area contributed by atoms with Crippen LogP contribution >= 0.6 is 34.5 Å². The van der Waals surface area contributed by atoms with E-state index < -0.39 is 5.97 Å². The summed E-state index contributed by atoms with van der Waals surface area (Å²) < 4.78 is 5.15. The molecule has 0 radical (unpaired) electrons. The zero-order chi connectivity index (χ0) is 21.8. The van der Waals surface area contributed by atoms with Crippen molar-refractivity contribution in [3.8, 4) is 0 Å². The standard InChI is InChI=1S/C21H25Cl2N3O3S/c1-4-29-21(28)19-13(2)14(3)30-20(19)24-18(27)12-25-7-9-26(10-8-25)15-5-6-16(22)17(23)11-15/h5-6,11H,4,7-10,12H2,1-3H3,(H,24,27). The largest absolute Gasteiger partial charge is 0.462 e. The molecular formula is C21H25Cl2N3O3S. The number of benzene rings is 1. The third-order valence-electron chi connectivity index (χ3n) is 5.13. The number of amides is 1. The molecule has 2 aromatic rings. The van der Waals surface area contributed by atoms with Crippen molar-refractivity contribution < 1.29 is 14.3 Å². The van der Waals surface area contributed by atoms with Crippen LogP contribution in [0, 0.1) is 13.8 Å². The van der Waals surface area contributed by atoms with Crippen molar-refractivity contribution in [1.29, 1.82) is 0 Å². The van der Waals surface area contributed by atoms with Crippen LogP contribution in [-0.4, -0.2) is 56.1 Å². The Morgan fingerprint density at radius 3 is 2.47 bits per heavy atom. The minimum absolute atomic E-state index is 0.134. The zero-order valence-electron chi connectivity index (χ0n) is 17.3. The number of piperazine rings is 1. The third-order valence-corrected chi connectivity index (χ3v) is 6.99. The quantitative estimate of drug-likeness (QED) is 0.625. The maximum absolute atomic E-state index is 12.6. The SMILES string of the molecule is CCOC(=O)c1c(NC(=O)CN2CCN(c3ccc(Cl)c(Cl)c3)CC2)sc(C)c1C. The number of esters is 1. The van der Waals surface area contributed by atoms with E-state index in [0.29, 0.717) is 27.2 Å². The van der Waals surface area contributed by atoms with Crippen molar-refractivity contribution >= 4 is 57.1 Å². The molecule has 0 bridgehead atoms. The van der Waals surface area contributed by atoms with Gasteiger partial charge in [0, 0.05) is 36.7 Å². The maximum Gasteiger partial charge on any atom is 0.341 e. The summed E-state index contributed by atoms with van der Waals surface area (Å²) in [6, 6.07) is 5.62. The first-order chi connectivity index (χ1) is 14.3. The second kappa shape index (κ2) is 10.0. The predicted molar refractivity (Wildman–Crippen MR) is 123 cm³/mol. The van der Waals surface area contributed by atoms with Gasteiger partial charge in [-0.15, -0.1) is 11.3 Å². The first-order valence-corrected chi connectivity index (χ1v) is 11.4. The molecule has 1 aromatic heterocycles. The van der Waals surface area contributed by atoms with Gasteiger partial charge in [0.25, 0.3) is 0 Å². The Balaban J connectivity index is 1.57. The number of ether oxygens (including phenoxy) is 1. The number of hydrogen-bond acceptors (Lipinski definition) is 6. The van der Waals surface area contributed by atoms with Crippen molar-refractivity contribution in [3.63, 3.8) is 0 Å². The van der Waals surface area contributed by atoms with Crippen molar-refractivity contribution in [2.24, 2.45) is 0 Å². The van der Waals surface area contributed by atoms with Crippen molar-refractivity contribution in [2.75, 3.05) is 49.5 Å². The van der Waals surface area contributed by atoms with Crippen molar-refractivity contribution in [2.45, 2.75) is 20.8 Å². The number of aryl methyl sites for hydroxylation is 1. The van der Waals surface area contributed by atoms with Gasteiger partial charge in [-0.1, -0.05) is 23.2 Å². The van der Waals surface area contributed by atoms with Crippen LogP contribution in [0.25, 0.3) is 0 Å². The monoisotopic (exact) mass is 469 g/mol. The molecule has 0 spiro atoms. The fourth-order valence-corrected chi connectivity index (χ4v) is 4.74. The van der Waals surface area contributed by atoms with E-state index in [0.717, 1.165) is 42.3 Å². The molecule has 0 atom stereocenters. The van der Waals surface area contributed by atoms with Gasteiger partial charge in [-0.05, 0) is 44.5 Å². The molecule has 2 heterocycles. The minimum atomic E-state index is -0.398. The van der Waals surface area contributed by atoms with E-state index in [1.54, 1.807) is 13.0 Å². The Labute approximate surface area is 190 Å². The van der Waals surface area contributed by atoms with E-state index in [9.17, 15) is 9.59 Å². The summed E-state index contributed by atoms with van der Waals surface area (Å²) in [6.07, 6.45) is 0. The molecule has 6 nitrogen and oxygen atoms in total. The van der Waals surface area contributed by atoms with Gasteiger partial charge in [0.1, 0.15) is 5.00 Å². The summed E-state index contributed by atoms with van der Waals surface area (Å²) in [4.78, 5) is 30.2. The Morgan fingerprint density at radius 2 is 1.83 bits per heavy atom. The van der Waals surface area contributed by atoms with Crippen LogP contribution in [0.5, 0.6) is 0 Å². The molecule has 0 aliphatic carbocycles. The molecule has 9 heteroatoms. The summed E-state index contributed by atoms with van der Waals surface area (Å²) in [7, 11) is 0. The number of carbonyl (C=O) groups excluding carboxylic acids is 2. The predicted octanol–water partition coefficient (Wildman–Crippen LogP) is 4.61. The zero-order valence-corrected chi connectivity index (χ0v) is 19.6. The number of rotatable bonds is 6. The van der Waals surface area contributed by atoms with Gasteiger partial charge < -0.3 is 15.0 Å². The second-order valence-corrected chi connectivity index (χ2v) is 9.16. The summed E-state index contributed by atoms with van der Waals surface area (Å²) in [5, 5.41) is 4.54. The topological polar surface area (TPSA) is 61.9 Å². The number of anilines is 2. The third kappa shape index (κ3) is 5.27. The lowest BCUT2D eigenvalue weighted by Gasteiger charge is -2.35. The number of thiophene rings is 1. The van der Waals surface area contributed by atoms with Gasteiger partial charge in [-0.25, -0.2) is 4.79 Å². The maximum atomic E-state index is 12.6. The summed E-state index contributed by atoms with van der Waals surface area (Å²) in [6.45, 7) is 9.21. The Hall–Kier alpha value is -1.80. The smallest absolute Gasteiger partial charge is 0.341 e. The fraction of sp³-hybridized carbons (Fsp3) is 0.429. The van der Waals surface area contributed by atoms with E-state index >= 15 is 0 Å². The molecule has 1 amide bonds. The molecule has 1 aliphatic rings. The van der Waals surface area contributed by atoms with Gasteiger partial charge in [0.2, 0.25) is 5.91 Å². The van der Waals surface area contributed by atoms with Gasteiger partial charge in [-0.3, -0.25) is 9.69 Å². The van der Waals surface area contributed by atoms with Crippen LogP contribution in [-0.2, 0) is 9.53 Å². The number of halogens is 2. The van der Waals surface area contributed by atoms with E-state index in [1.807, 2.05) is 26.0 Å². The number of nitrogens with one attached hydrogen (secondary N) is 1. The molecule has 0 unspecified atom stereocenters. The molecule has 1 aromatic carbocycles. The molecule has 1 N–H and O–H groups in total. The summed E-state index contributed by atoms with van der Waals surface area (Å²) in [5.74, 6) is -0.533. The second-order valence-electron chi connectivity index (χ2n) is 7.12. The highest BCUT2D eigenvalue weighted by atomic mass is 35.5. The molecule has 162 valence electrons. The first kappa shape index (κ1) is 22.9. The van der Waals surface area contributed by atoms with Gasteiger partial charge in [0.05, 0.1) is 28.8 Å². The number of hydrogen-bond donors (Lipinski definition) is 1. The highest BCUT2D eigenvalue weighted by Crippen LogP contribution is 2.33. The first-order valence-electron chi connectivity index (χ1n) is 9.79. The number of nitrogens with zero attached hydrogens (tertiary/aromatic N) is 2. The van der Waals surface area contributed by atoms with Crippen LogP contribution in [0.4, 0.5) is 10.7 Å². The summed E-state index contributed by atoms with van der Waals surface area (Å²) >= 11 is 13.5. The molecule has 1 aliphatic heterocycles. The van der Waals surface area contributed by atoms with Gasteiger partial charge in [-0.2, -0.15) is 0 Å². The van der Waals surface area contributed by atoms with Crippen LogP contribution in [0.3, 0.4) is 0 Å². The molecule has 1 fully saturated rings. The highest BCUT2D eigenvalue weighted by molar-refractivity contribution is 7.16. The fourth-order valence-electron chi connectivity index (χ4n) is 3.38. The Bertz CT molecular complexity index is 940. The summed E-state index contributed by atoms with van der Waals surface area (Å²) in [5.41, 5.74) is 2.33. The van der Waals surface area contributed by atoms with E-state index in [-0.39, 0.29) is 12.5 Å². The van der Waals surface area contributed by atoms with E-state index in [4.69, 9.17) is 27.9 Å². The molecule has 3 rings (SSSR count). The van der Waals surface area contributed by atoms with E-state index in [2.05, 4.69) is 15.1 Å². The van der Waals surface area contributed by atoms with Crippen LogP contribution in [0.1, 0.15) is 27.7 Å². The molecular weight excluding hydrogens is 445 g/mol. The van der Waals surface area contributed by atoms with Crippen molar-refractivity contribution in [3.05, 3.63) is 44.2 Å². The molecule has 0 saturated carbocycles. The van der Waals surface area contributed by atoms with Gasteiger partial charge >= 0.3 is 5.97 Å². The van der Waals surface area contributed by atoms with Crippen LogP contribution < -0.4 is 10.2 Å². The molecule has 1 saturated heterocycles. The highest BCUT2D eigenvalue weighted by Gasteiger charge is 2.24. The minimum Gasteiger partial charge on any atom is -0.462 e. The average Bonchev–Trinajstić information content (AvgIpc) is 2.98. The lowest BCUT2D eigenvalue weighted by Crippen LogP contribution is -2.48. The lowest BCUT2D eigenvalue weighted by molar-refractivity contribution is -0.117. The number of carbonyl (C=O) groups is 2. The normalized spacial score (nSPS) is 14.6. The van der Waals surface area contributed by atoms with E-state index in [1.165, 1.54) is 11.3 Å². The Morgan fingerprint density at radius 1 is 1.13 bits per heavy atom. The van der Waals surface area contributed by atoms with Crippen LogP contribution in [0.2, 0.25) is 10.0 Å².